The van der Waals surface area contributed by atoms with E-state index in [9.17, 15) is 9.59 Å². The summed E-state index contributed by atoms with van der Waals surface area (Å²) in [5.74, 6) is -0.371. The molecule has 98 valence electrons. The molecule has 0 aromatic heterocycles. The van der Waals surface area contributed by atoms with Gasteiger partial charge in [-0.15, -0.1) is 0 Å². The third-order valence-corrected chi connectivity index (χ3v) is 2.58. The van der Waals surface area contributed by atoms with Crippen LogP contribution in [0.25, 0.3) is 0 Å². The number of unbranched alkanes of at least 4 members (excludes halogenated alkanes) is 1. The molecule has 2 amide bonds. The van der Waals surface area contributed by atoms with Crippen molar-refractivity contribution in [3.05, 3.63) is 35.4 Å². The van der Waals surface area contributed by atoms with Crippen molar-refractivity contribution >= 4 is 11.8 Å². The number of amides is 2. The lowest BCUT2D eigenvalue weighted by molar-refractivity contribution is -0.120. The van der Waals surface area contributed by atoms with Crippen LogP contribution in [-0.4, -0.2) is 24.9 Å². The summed E-state index contributed by atoms with van der Waals surface area (Å²) < 4.78 is 0. The Morgan fingerprint density at radius 1 is 1.11 bits per heavy atom. The van der Waals surface area contributed by atoms with E-state index in [1.165, 1.54) is 0 Å². The van der Waals surface area contributed by atoms with Crippen LogP contribution in [0.4, 0.5) is 0 Å². The molecule has 0 aliphatic rings. The third kappa shape index (κ3) is 4.99. The summed E-state index contributed by atoms with van der Waals surface area (Å²) in [4.78, 5) is 23.1. The van der Waals surface area contributed by atoms with E-state index in [1.54, 1.807) is 12.1 Å². The van der Waals surface area contributed by atoms with Crippen LogP contribution in [0.15, 0.2) is 24.3 Å². The summed E-state index contributed by atoms with van der Waals surface area (Å²) in [6, 6.07) is 7.24. The predicted molar refractivity (Wildman–Crippen MR) is 71.4 cm³/mol. The highest BCUT2D eigenvalue weighted by atomic mass is 16.2. The van der Waals surface area contributed by atoms with E-state index >= 15 is 0 Å². The number of hydrogen-bond donors (Lipinski definition) is 2. The van der Waals surface area contributed by atoms with Crippen LogP contribution < -0.4 is 10.6 Å². The van der Waals surface area contributed by atoms with Crippen molar-refractivity contribution < 1.29 is 9.59 Å². The second-order valence-corrected chi connectivity index (χ2v) is 4.25. The number of hydrogen-bond acceptors (Lipinski definition) is 2. The number of rotatable bonds is 6. The fraction of sp³-hybridized carbons (Fsp3) is 0.429. The molecule has 0 aliphatic heterocycles. The van der Waals surface area contributed by atoms with Gasteiger partial charge in [-0.1, -0.05) is 31.0 Å². The maximum absolute atomic E-state index is 11.7. The Hall–Kier alpha value is -1.84. The number of nitrogens with one attached hydrogen (secondary N) is 2. The van der Waals surface area contributed by atoms with Crippen molar-refractivity contribution in [3.8, 4) is 0 Å². The van der Waals surface area contributed by atoms with E-state index in [0.29, 0.717) is 12.1 Å². The van der Waals surface area contributed by atoms with Crippen LogP contribution in [0.3, 0.4) is 0 Å². The molecule has 0 unspecified atom stereocenters. The van der Waals surface area contributed by atoms with E-state index in [2.05, 4.69) is 17.6 Å². The Bertz CT molecular complexity index is 399. The Labute approximate surface area is 108 Å². The van der Waals surface area contributed by atoms with Gasteiger partial charge in [0.1, 0.15) is 0 Å². The van der Waals surface area contributed by atoms with Gasteiger partial charge in [-0.2, -0.15) is 0 Å². The Balaban J connectivity index is 2.32. The zero-order valence-electron chi connectivity index (χ0n) is 11.0. The normalized spacial score (nSPS) is 9.89. The van der Waals surface area contributed by atoms with Gasteiger partial charge in [0.15, 0.2) is 0 Å². The molecule has 2 N–H and O–H groups in total. The van der Waals surface area contributed by atoms with E-state index in [0.717, 1.165) is 18.4 Å². The average molecular weight is 248 g/mol. The molecule has 0 radical (unpaired) electrons. The lowest BCUT2D eigenvalue weighted by atomic mass is 10.1. The monoisotopic (exact) mass is 248 g/mol. The molecule has 0 saturated carbocycles. The molecule has 4 heteroatoms. The lowest BCUT2D eigenvalue weighted by Crippen LogP contribution is -2.37. The van der Waals surface area contributed by atoms with Gasteiger partial charge in [-0.05, 0) is 25.5 Å². The molecule has 0 saturated heterocycles. The van der Waals surface area contributed by atoms with Crippen molar-refractivity contribution in [2.24, 2.45) is 0 Å². The molecule has 0 heterocycles. The Morgan fingerprint density at radius 3 is 2.39 bits per heavy atom. The van der Waals surface area contributed by atoms with Crippen LogP contribution in [0.1, 0.15) is 35.7 Å². The van der Waals surface area contributed by atoms with E-state index in [1.807, 2.05) is 19.1 Å². The molecular formula is C14H20N2O2. The van der Waals surface area contributed by atoms with Gasteiger partial charge < -0.3 is 10.6 Å². The quantitative estimate of drug-likeness (QED) is 0.752. The van der Waals surface area contributed by atoms with Crippen molar-refractivity contribution in [2.45, 2.75) is 26.7 Å². The average Bonchev–Trinajstić information content (AvgIpc) is 2.37. The fourth-order valence-corrected chi connectivity index (χ4v) is 1.43. The standard InChI is InChI=1S/C14H20N2O2/c1-3-4-9-15-13(17)10-16-14(18)12-7-5-11(2)6-8-12/h5-8H,3-4,9-10H2,1-2H3,(H,15,17)(H,16,18). The summed E-state index contributed by atoms with van der Waals surface area (Å²) in [5, 5.41) is 5.34. The van der Waals surface area contributed by atoms with Gasteiger partial charge in [0.25, 0.3) is 5.91 Å². The van der Waals surface area contributed by atoms with Gasteiger partial charge in [-0.25, -0.2) is 0 Å². The van der Waals surface area contributed by atoms with Crippen molar-refractivity contribution in [3.63, 3.8) is 0 Å². The van der Waals surface area contributed by atoms with Crippen LogP contribution in [-0.2, 0) is 4.79 Å². The fourth-order valence-electron chi connectivity index (χ4n) is 1.43. The molecule has 1 aromatic carbocycles. The Morgan fingerprint density at radius 2 is 1.78 bits per heavy atom. The summed E-state index contributed by atoms with van der Waals surface area (Å²) in [5.41, 5.74) is 1.67. The maximum Gasteiger partial charge on any atom is 0.251 e. The molecule has 1 rings (SSSR count). The maximum atomic E-state index is 11.7. The van der Waals surface area contributed by atoms with Gasteiger partial charge >= 0.3 is 0 Å². The van der Waals surface area contributed by atoms with Crippen molar-refractivity contribution in [2.75, 3.05) is 13.1 Å². The highest BCUT2D eigenvalue weighted by Crippen LogP contribution is 2.02. The summed E-state index contributed by atoms with van der Waals surface area (Å²) in [6.45, 7) is 4.71. The first-order valence-corrected chi connectivity index (χ1v) is 6.25. The second-order valence-electron chi connectivity index (χ2n) is 4.25. The highest BCUT2D eigenvalue weighted by molar-refractivity contribution is 5.96. The predicted octanol–water partition coefficient (Wildman–Crippen LogP) is 1.64. The van der Waals surface area contributed by atoms with E-state index in [-0.39, 0.29) is 18.4 Å². The SMILES string of the molecule is CCCCNC(=O)CNC(=O)c1ccc(C)cc1. The number of benzene rings is 1. The molecular weight excluding hydrogens is 228 g/mol. The summed E-state index contributed by atoms with van der Waals surface area (Å²) >= 11 is 0. The minimum Gasteiger partial charge on any atom is -0.355 e. The largest absolute Gasteiger partial charge is 0.355 e. The van der Waals surface area contributed by atoms with Crippen LogP contribution in [0.5, 0.6) is 0 Å². The minimum atomic E-state index is -0.222. The molecule has 0 aliphatic carbocycles. The first-order valence-electron chi connectivity index (χ1n) is 6.25. The zero-order valence-corrected chi connectivity index (χ0v) is 11.0. The number of carbonyl (C=O) groups excluding carboxylic acids is 2. The van der Waals surface area contributed by atoms with Gasteiger partial charge in [0.05, 0.1) is 6.54 Å². The van der Waals surface area contributed by atoms with Crippen LogP contribution >= 0.6 is 0 Å². The van der Waals surface area contributed by atoms with Crippen molar-refractivity contribution in [1.29, 1.82) is 0 Å². The number of aryl methyl sites for hydroxylation is 1. The second kappa shape index (κ2) is 7.48. The van der Waals surface area contributed by atoms with Crippen LogP contribution in [0.2, 0.25) is 0 Å². The summed E-state index contributed by atoms with van der Waals surface area (Å²) in [6.07, 6.45) is 1.99. The molecule has 0 atom stereocenters. The van der Waals surface area contributed by atoms with Crippen LogP contribution in [0, 0.1) is 6.92 Å². The topological polar surface area (TPSA) is 58.2 Å². The third-order valence-electron chi connectivity index (χ3n) is 2.58. The van der Waals surface area contributed by atoms with E-state index < -0.39 is 0 Å². The molecule has 4 nitrogen and oxygen atoms in total. The molecule has 1 aromatic rings. The van der Waals surface area contributed by atoms with Gasteiger partial charge in [0, 0.05) is 12.1 Å². The first-order chi connectivity index (χ1) is 8.63. The van der Waals surface area contributed by atoms with Crippen molar-refractivity contribution in [1.82, 2.24) is 10.6 Å². The smallest absolute Gasteiger partial charge is 0.251 e. The first kappa shape index (κ1) is 14.2. The minimum absolute atomic E-state index is 0.0242. The summed E-state index contributed by atoms with van der Waals surface area (Å²) in [7, 11) is 0. The zero-order chi connectivity index (χ0) is 13.4. The lowest BCUT2D eigenvalue weighted by Gasteiger charge is -2.06. The highest BCUT2D eigenvalue weighted by Gasteiger charge is 2.06. The van der Waals surface area contributed by atoms with Gasteiger partial charge in [-0.3, -0.25) is 9.59 Å². The molecule has 0 spiro atoms. The number of carbonyl (C=O) groups is 2. The molecule has 0 fully saturated rings. The molecule has 18 heavy (non-hydrogen) atoms. The Kier molecular flexibility index (Phi) is 5.91. The van der Waals surface area contributed by atoms with Gasteiger partial charge in [0.2, 0.25) is 5.91 Å². The molecule has 0 bridgehead atoms. The van der Waals surface area contributed by atoms with E-state index in [4.69, 9.17) is 0 Å².